The van der Waals surface area contributed by atoms with Gasteiger partial charge in [0.1, 0.15) is 5.52 Å². The van der Waals surface area contributed by atoms with E-state index in [1.807, 2.05) is 65.6 Å². The van der Waals surface area contributed by atoms with Crippen LogP contribution in [0.5, 0.6) is 0 Å². The lowest BCUT2D eigenvalue weighted by atomic mass is 9.97. The van der Waals surface area contributed by atoms with Crippen LogP contribution in [0.1, 0.15) is 24.1 Å². The first-order valence-corrected chi connectivity index (χ1v) is 11.5. The van der Waals surface area contributed by atoms with E-state index in [0.717, 1.165) is 24.1 Å². The molecule has 4 heterocycles. The quantitative estimate of drug-likeness (QED) is 0.482. The second-order valence-corrected chi connectivity index (χ2v) is 8.48. The average molecular weight is 455 g/mol. The van der Waals surface area contributed by atoms with Crippen LogP contribution in [0.2, 0.25) is 0 Å². The molecule has 0 aliphatic carbocycles. The fraction of sp³-hybridized carbons (Fsp3) is 0.269. The monoisotopic (exact) mass is 454 g/mol. The Morgan fingerprint density at radius 3 is 2.65 bits per heavy atom. The summed E-state index contributed by atoms with van der Waals surface area (Å²) in [5.74, 6) is 0.131. The molecular formula is C26H26N6O2. The molecule has 1 amide bonds. The van der Waals surface area contributed by atoms with Crippen molar-refractivity contribution < 1.29 is 4.79 Å². The third kappa shape index (κ3) is 4.66. The molecule has 3 aromatic heterocycles. The Morgan fingerprint density at radius 1 is 1.00 bits per heavy atom. The second-order valence-electron chi connectivity index (χ2n) is 8.48. The van der Waals surface area contributed by atoms with Crippen LogP contribution in [0.15, 0.2) is 77.9 Å². The number of carbonyl (C=O) groups excluding carboxylic acids is 1. The van der Waals surface area contributed by atoms with Crippen molar-refractivity contribution in [3.05, 3.63) is 94.7 Å². The van der Waals surface area contributed by atoms with Gasteiger partial charge in [0.2, 0.25) is 5.91 Å². The summed E-state index contributed by atoms with van der Waals surface area (Å²) >= 11 is 0. The van der Waals surface area contributed by atoms with E-state index in [-0.39, 0.29) is 17.4 Å². The van der Waals surface area contributed by atoms with Crippen molar-refractivity contribution >= 4 is 22.9 Å². The Kier molecular flexibility index (Phi) is 6.29. The van der Waals surface area contributed by atoms with Crippen LogP contribution in [0, 0.1) is 5.92 Å². The maximum absolute atomic E-state index is 13.6. The maximum Gasteiger partial charge on any atom is 0.295 e. The minimum absolute atomic E-state index is 0.0255. The predicted octanol–water partition coefficient (Wildman–Crippen LogP) is 2.77. The van der Waals surface area contributed by atoms with Crippen molar-refractivity contribution in [1.29, 1.82) is 0 Å². The molecule has 1 unspecified atom stereocenters. The van der Waals surface area contributed by atoms with Crippen LogP contribution in [-0.2, 0) is 17.9 Å². The summed E-state index contributed by atoms with van der Waals surface area (Å²) in [6, 6.07) is 19.2. The summed E-state index contributed by atoms with van der Waals surface area (Å²) in [5.41, 5.74) is 2.86. The lowest BCUT2D eigenvalue weighted by molar-refractivity contribution is -0.125. The number of fused-ring (bicyclic) bond motifs is 1. The molecule has 1 fully saturated rings. The normalized spacial score (nSPS) is 15.9. The molecule has 0 saturated carbocycles. The SMILES string of the molecule is O=C(NCc1ccccn1)C1CCCN(c2nc3cccnc3n(Cc3ccccc3)c2=O)C1. The highest BCUT2D eigenvalue weighted by atomic mass is 16.2. The number of aromatic nitrogens is 4. The number of benzene rings is 1. The van der Waals surface area contributed by atoms with E-state index in [0.29, 0.717) is 43.2 Å². The number of amides is 1. The Labute approximate surface area is 197 Å². The molecule has 0 bridgehead atoms. The number of rotatable bonds is 6. The Morgan fingerprint density at radius 2 is 1.82 bits per heavy atom. The largest absolute Gasteiger partial charge is 0.351 e. The highest BCUT2D eigenvalue weighted by molar-refractivity contribution is 5.79. The molecule has 172 valence electrons. The van der Waals surface area contributed by atoms with Gasteiger partial charge in [-0.05, 0) is 42.7 Å². The zero-order valence-electron chi connectivity index (χ0n) is 18.8. The highest BCUT2D eigenvalue weighted by Crippen LogP contribution is 2.22. The Bertz CT molecular complexity index is 1340. The first-order chi connectivity index (χ1) is 16.7. The van der Waals surface area contributed by atoms with Crippen molar-refractivity contribution in [3.8, 4) is 0 Å². The zero-order chi connectivity index (χ0) is 23.3. The van der Waals surface area contributed by atoms with Gasteiger partial charge in [-0.1, -0.05) is 36.4 Å². The molecule has 1 aliphatic heterocycles. The molecular weight excluding hydrogens is 428 g/mol. The van der Waals surface area contributed by atoms with Crippen molar-refractivity contribution in [2.75, 3.05) is 18.0 Å². The summed E-state index contributed by atoms with van der Waals surface area (Å²) in [7, 11) is 0. The molecule has 8 nitrogen and oxygen atoms in total. The van der Waals surface area contributed by atoms with E-state index in [2.05, 4.69) is 20.3 Å². The van der Waals surface area contributed by atoms with E-state index in [1.165, 1.54) is 0 Å². The molecule has 4 aromatic rings. The first kappa shape index (κ1) is 21.8. The van der Waals surface area contributed by atoms with Crippen molar-refractivity contribution in [2.45, 2.75) is 25.9 Å². The molecule has 8 heteroatoms. The van der Waals surface area contributed by atoms with Crippen molar-refractivity contribution in [1.82, 2.24) is 24.8 Å². The third-order valence-electron chi connectivity index (χ3n) is 6.13. The van der Waals surface area contributed by atoms with E-state index in [4.69, 9.17) is 0 Å². The fourth-order valence-electron chi connectivity index (χ4n) is 4.39. The Hall–Kier alpha value is -4.07. The van der Waals surface area contributed by atoms with Gasteiger partial charge in [-0.15, -0.1) is 0 Å². The van der Waals surface area contributed by atoms with Crippen LogP contribution in [0.3, 0.4) is 0 Å². The van der Waals surface area contributed by atoms with Crippen LogP contribution < -0.4 is 15.8 Å². The number of carbonyl (C=O) groups is 1. The molecule has 1 saturated heterocycles. The van der Waals surface area contributed by atoms with Gasteiger partial charge in [0.15, 0.2) is 11.5 Å². The highest BCUT2D eigenvalue weighted by Gasteiger charge is 2.28. The molecule has 0 spiro atoms. The lowest BCUT2D eigenvalue weighted by Gasteiger charge is -2.32. The minimum atomic E-state index is -0.217. The number of piperidine rings is 1. The van der Waals surface area contributed by atoms with Gasteiger partial charge in [0.25, 0.3) is 5.56 Å². The van der Waals surface area contributed by atoms with Gasteiger partial charge in [-0.3, -0.25) is 19.1 Å². The summed E-state index contributed by atoms with van der Waals surface area (Å²) in [4.78, 5) is 41.8. The maximum atomic E-state index is 13.6. The molecule has 1 aromatic carbocycles. The Balaban J connectivity index is 1.40. The minimum Gasteiger partial charge on any atom is -0.351 e. The molecule has 0 radical (unpaired) electrons. The second kappa shape index (κ2) is 9.82. The summed E-state index contributed by atoms with van der Waals surface area (Å²) in [5, 5.41) is 2.99. The number of nitrogens with one attached hydrogen (secondary N) is 1. The van der Waals surface area contributed by atoms with E-state index in [1.54, 1.807) is 17.0 Å². The summed E-state index contributed by atoms with van der Waals surface area (Å²) in [6.07, 6.45) is 4.97. The van der Waals surface area contributed by atoms with Gasteiger partial charge in [0, 0.05) is 25.5 Å². The zero-order valence-corrected chi connectivity index (χ0v) is 18.8. The molecule has 1 atom stereocenters. The van der Waals surface area contributed by atoms with E-state index in [9.17, 15) is 9.59 Å². The van der Waals surface area contributed by atoms with Crippen molar-refractivity contribution in [2.24, 2.45) is 5.92 Å². The first-order valence-electron chi connectivity index (χ1n) is 11.5. The van der Waals surface area contributed by atoms with Crippen LogP contribution >= 0.6 is 0 Å². The molecule has 5 rings (SSSR count). The van der Waals surface area contributed by atoms with Crippen LogP contribution in [-0.4, -0.2) is 38.5 Å². The summed E-state index contributed by atoms with van der Waals surface area (Å²) in [6.45, 7) is 1.93. The van der Waals surface area contributed by atoms with Gasteiger partial charge < -0.3 is 10.2 Å². The van der Waals surface area contributed by atoms with Crippen LogP contribution in [0.4, 0.5) is 5.82 Å². The number of hydrogen-bond acceptors (Lipinski definition) is 6. The molecule has 1 N–H and O–H groups in total. The van der Waals surface area contributed by atoms with E-state index < -0.39 is 0 Å². The number of anilines is 1. The summed E-state index contributed by atoms with van der Waals surface area (Å²) < 4.78 is 1.68. The number of hydrogen-bond donors (Lipinski definition) is 1. The number of nitrogens with zero attached hydrogens (tertiary/aromatic N) is 5. The molecule has 1 aliphatic rings. The van der Waals surface area contributed by atoms with Crippen LogP contribution in [0.25, 0.3) is 11.2 Å². The van der Waals surface area contributed by atoms with Gasteiger partial charge in [-0.25, -0.2) is 9.97 Å². The number of pyridine rings is 2. The van der Waals surface area contributed by atoms with Gasteiger partial charge >= 0.3 is 0 Å². The molecule has 34 heavy (non-hydrogen) atoms. The van der Waals surface area contributed by atoms with E-state index >= 15 is 0 Å². The van der Waals surface area contributed by atoms with Gasteiger partial charge in [0.05, 0.1) is 24.7 Å². The van der Waals surface area contributed by atoms with Gasteiger partial charge in [-0.2, -0.15) is 0 Å². The lowest BCUT2D eigenvalue weighted by Crippen LogP contribution is -2.45. The van der Waals surface area contributed by atoms with Crippen molar-refractivity contribution in [3.63, 3.8) is 0 Å². The third-order valence-corrected chi connectivity index (χ3v) is 6.13. The smallest absolute Gasteiger partial charge is 0.295 e. The standard InChI is InChI=1S/C26H26N6O2/c33-25(29-16-21-11-4-5-13-27-21)20-10-7-15-31(18-20)24-26(34)32(17-19-8-2-1-3-9-19)23-22(30-24)12-6-14-28-23/h1-6,8-9,11-14,20H,7,10,15-18H2,(H,29,33). The topological polar surface area (TPSA) is 93.0 Å². The fourth-order valence-corrected chi connectivity index (χ4v) is 4.39. The predicted molar refractivity (Wildman–Crippen MR) is 130 cm³/mol. The average Bonchev–Trinajstić information content (AvgIpc) is 2.90.